The zero-order valence-corrected chi connectivity index (χ0v) is 17.0. The monoisotopic (exact) mass is 374 g/mol. The van der Waals surface area contributed by atoms with E-state index in [9.17, 15) is 9.59 Å². The number of hydrogen-bond donors (Lipinski definition) is 0. The minimum absolute atomic E-state index is 0.210. The standard InChI is InChI=1S/C21H34N4O2/c1-4-7-10-12-15-24-19-18(23(17-22-19)14-9-6-3)20(26)25(21(24)27)16-13-11-8-5-2/h6,17H,3-5,7-16H2,1-2H3. The van der Waals surface area contributed by atoms with Crippen LogP contribution in [0.4, 0.5) is 0 Å². The predicted molar refractivity (Wildman–Crippen MR) is 111 cm³/mol. The number of hydrogen-bond acceptors (Lipinski definition) is 3. The third-order valence-corrected chi connectivity index (χ3v) is 5.03. The summed E-state index contributed by atoms with van der Waals surface area (Å²) in [6, 6.07) is 0. The van der Waals surface area contributed by atoms with Crippen molar-refractivity contribution in [3.05, 3.63) is 39.8 Å². The lowest BCUT2D eigenvalue weighted by Crippen LogP contribution is -2.40. The van der Waals surface area contributed by atoms with Gasteiger partial charge in [0.1, 0.15) is 0 Å². The molecule has 0 radical (unpaired) electrons. The Kier molecular flexibility index (Phi) is 8.55. The number of fused-ring (bicyclic) bond motifs is 1. The molecule has 0 aliphatic heterocycles. The highest BCUT2D eigenvalue weighted by atomic mass is 16.2. The maximum atomic E-state index is 13.0. The fraction of sp³-hybridized carbons (Fsp3) is 0.667. The third-order valence-electron chi connectivity index (χ3n) is 5.03. The van der Waals surface area contributed by atoms with E-state index >= 15 is 0 Å². The van der Waals surface area contributed by atoms with Crippen LogP contribution in [0.15, 0.2) is 28.6 Å². The molecule has 150 valence electrons. The van der Waals surface area contributed by atoms with Crippen molar-refractivity contribution in [2.45, 2.75) is 91.3 Å². The maximum Gasteiger partial charge on any atom is 0.332 e. The molecule has 2 aromatic rings. The van der Waals surface area contributed by atoms with Crippen LogP contribution in [0.1, 0.15) is 71.6 Å². The van der Waals surface area contributed by atoms with Crippen molar-refractivity contribution >= 4 is 11.2 Å². The Morgan fingerprint density at radius 2 is 1.56 bits per heavy atom. The van der Waals surface area contributed by atoms with Gasteiger partial charge in [0.15, 0.2) is 11.2 Å². The second kappa shape index (κ2) is 10.9. The van der Waals surface area contributed by atoms with Crippen LogP contribution >= 0.6 is 0 Å². The fourth-order valence-corrected chi connectivity index (χ4v) is 3.43. The van der Waals surface area contributed by atoms with E-state index in [1.165, 1.54) is 4.57 Å². The molecule has 0 saturated heterocycles. The molecule has 0 aliphatic rings. The molecular formula is C21H34N4O2. The van der Waals surface area contributed by atoms with Crippen LogP contribution < -0.4 is 11.2 Å². The SMILES string of the molecule is C=CCCn1cnc2c1c(=O)n(CCCCCC)c(=O)n2CCCCCC. The fourth-order valence-electron chi connectivity index (χ4n) is 3.43. The van der Waals surface area contributed by atoms with E-state index in [4.69, 9.17) is 0 Å². The molecule has 0 bridgehead atoms. The summed E-state index contributed by atoms with van der Waals surface area (Å²) in [6.07, 6.45) is 12.7. The molecule has 6 heteroatoms. The number of rotatable bonds is 13. The first-order valence-corrected chi connectivity index (χ1v) is 10.4. The molecule has 0 unspecified atom stereocenters. The van der Waals surface area contributed by atoms with E-state index < -0.39 is 0 Å². The highest BCUT2D eigenvalue weighted by molar-refractivity contribution is 5.70. The van der Waals surface area contributed by atoms with Crippen molar-refractivity contribution in [2.75, 3.05) is 0 Å². The van der Waals surface area contributed by atoms with Gasteiger partial charge in [0.25, 0.3) is 5.56 Å². The number of unbranched alkanes of at least 4 members (excludes halogenated alkanes) is 6. The summed E-state index contributed by atoms with van der Waals surface area (Å²) < 4.78 is 4.99. The number of imidazole rings is 1. The van der Waals surface area contributed by atoms with E-state index in [1.807, 2.05) is 10.6 Å². The highest BCUT2D eigenvalue weighted by Crippen LogP contribution is 2.10. The molecule has 2 heterocycles. The van der Waals surface area contributed by atoms with Gasteiger partial charge in [-0.3, -0.25) is 13.9 Å². The molecule has 0 saturated carbocycles. The molecule has 2 rings (SSSR count). The van der Waals surface area contributed by atoms with Crippen LogP contribution in [-0.2, 0) is 19.6 Å². The molecule has 0 aliphatic carbocycles. The normalized spacial score (nSPS) is 11.3. The molecule has 0 N–H and O–H groups in total. The average molecular weight is 375 g/mol. The molecule has 27 heavy (non-hydrogen) atoms. The van der Waals surface area contributed by atoms with Gasteiger partial charge in [-0.25, -0.2) is 9.78 Å². The van der Waals surface area contributed by atoms with Crippen LogP contribution in [0.2, 0.25) is 0 Å². The molecular weight excluding hydrogens is 340 g/mol. The number of allylic oxidation sites excluding steroid dienone is 1. The van der Waals surface area contributed by atoms with E-state index in [-0.39, 0.29) is 11.2 Å². The van der Waals surface area contributed by atoms with Gasteiger partial charge < -0.3 is 4.57 Å². The molecule has 0 aromatic carbocycles. The Labute approximate surface area is 161 Å². The zero-order valence-electron chi connectivity index (χ0n) is 17.0. The van der Waals surface area contributed by atoms with Gasteiger partial charge in [0.05, 0.1) is 6.33 Å². The Morgan fingerprint density at radius 3 is 2.15 bits per heavy atom. The number of aromatic nitrogens is 4. The van der Waals surface area contributed by atoms with Crippen LogP contribution in [0, 0.1) is 0 Å². The van der Waals surface area contributed by atoms with Gasteiger partial charge in [-0.05, 0) is 19.3 Å². The minimum atomic E-state index is -0.213. The lowest BCUT2D eigenvalue weighted by atomic mass is 10.2. The summed E-state index contributed by atoms with van der Waals surface area (Å²) in [5.74, 6) is 0. The number of nitrogens with zero attached hydrogens (tertiary/aromatic N) is 4. The van der Waals surface area contributed by atoms with Crippen molar-refractivity contribution in [1.29, 1.82) is 0 Å². The average Bonchev–Trinajstić information content (AvgIpc) is 3.09. The van der Waals surface area contributed by atoms with Gasteiger partial charge >= 0.3 is 5.69 Å². The lowest BCUT2D eigenvalue weighted by molar-refractivity contribution is 0.506. The Hall–Kier alpha value is -2.11. The highest BCUT2D eigenvalue weighted by Gasteiger charge is 2.17. The molecule has 6 nitrogen and oxygen atoms in total. The first-order chi connectivity index (χ1) is 13.2. The summed E-state index contributed by atoms with van der Waals surface area (Å²) in [4.78, 5) is 30.5. The summed E-state index contributed by atoms with van der Waals surface area (Å²) in [7, 11) is 0. The predicted octanol–water partition coefficient (Wildman–Crippen LogP) is 4.10. The smallest absolute Gasteiger partial charge is 0.324 e. The van der Waals surface area contributed by atoms with Crippen molar-refractivity contribution in [2.24, 2.45) is 0 Å². The van der Waals surface area contributed by atoms with E-state index in [2.05, 4.69) is 25.4 Å². The van der Waals surface area contributed by atoms with Gasteiger partial charge in [0, 0.05) is 19.6 Å². The maximum absolute atomic E-state index is 13.0. The molecule has 0 spiro atoms. The molecule has 0 fully saturated rings. The second-order valence-electron chi connectivity index (χ2n) is 7.20. The summed E-state index contributed by atoms with van der Waals surface area (Å²) >= 11 is 0. The topological polar surface area (TPSA) is 61.8 Å². The van der Waals surface area contributed by atoms with Gasteiger partial charge in [0.2, 0.25) is 0 Å². The summed E-state index contributed by atoms with van der Waals surface area (Å²) in [5, 5.41) is 0. The van der Waals surface area contributed by atoms with E-state index in [1.54, 1.807) is 10.9 Å². The summed E-state index contributed by atoms with van der Waals surface area (Å²) in [6.45, 7) is 9.82. The minimum Gasteiger partial charge on any atom is -0.324 e. The van der Waals surface area contributed by atoms with Crippen molar-refractivity contribution in [1.82, 2.24) is 18.7 Å². The van der Waals surface area contributed by atoms with E-state index in [0.717, 1.165) is 57.8 Å². The van der Waals surface area contributed by atoms with Crippen LogP contribution in [0.3, 0.4) is 0 Å². The second-order valence-corrected chi connectivity index (χ2v) is 7.20. The van der Waals surface area contributed by atoms with Gasteiger partial charge in [-0.2, -0.15) is 0 Å². The molecule has 0 atom stereocenters. The van der Waals surface area contributed by atoms with Crippen LogP contribution in [-0.4, -0.2) is 18.7 Å². The van der Waals surface area contributed by atoms with Crippen LogP contribution in [0.5, 0.6) is 0 Å². The Bertz CT molecular complexity index is 844. The molecule has 2 aromatic heterocycles. The third kappa shape index (κ3) is 5.21. The van der Waals surface area contributed by atoms with Crippen LogP contribution in [0.25, 0.3) is 11.2 Å². The first kappa shape index (κ1) is 21.2. The first-order valence-electron chi connectivity index (χ1n) is 10.4. The Morgan fingerprint density at radius 1 is 0.926 bits per heavy atom. The van der Waals surface area contributed by atoms with E-state index in [0.29, 0.717) is 30.8 Å². The van der Waals surface area contributed by atoms with Crippen molar-refractivity contribution in [3.8, 4) is 0 Å². The zero-order chi connectivity index (χ0) is 19.6. The number of aryl methyl sites for hydroxylation is 2. The van der Waals surface area contributed by atoms with Crippen molar-refractivity contribution in [3.63, 3.8) is 0 Å². The van der Waals surface area contributed by atoms with Gasteiger partial charge in [-0.15, -0.1) is 6.58 Å². The Balaban J connectivity index is 2.43. The molecule has 0 amide bonds. The summed E-state index contributed by atoms with van der Waals surface area (Å²) in [5.41, 5.74) is 0.644. The van der Waals surface area contributed by atoms with Gasteiger partial charge in [-0.1, -0.05) is 58.4 Å². The largest absolute Gasteiger partial charge is 0.332 e. The lowest BCUT2D eigenvalue weighted by Gasteiger charge is -2.12. The van der Waals surface area contributed by atoms with Crippen molar-refractivity contribution < 1.29 is 0 Å². The quantitative estimate of drug-likeness (QED) is 0.392.